The molecule has 0 N–H and O–H groups in total. The van der Waals surface area contributed by atoms with Gasteiger partial charge in [-0.05, 0) is 62.1 Å². The van der Waals surface area contributed by atoms with Gasteiger partial charge in [-0.3, -0.25) is 0 Å². The summed E-state index contributed by atoms with van der Waals surface area (Å²) in [7, 11) is 0. The van der Waals surface area contributed by atoms with Crippen molar-refractivity contribution in [2.45, 2.75) is 76.4 Å². The second-order valence-electron chi connectivity index (χ2n) is 17.1. The lowest BCUT2D eigenvalue weighted by molar-refractivity contribution is -0.287. The molecule has 82 heavy (non-hydrogen) atoms. The summed E-state index contributed by atoms with van der Waals surface area (Å²) in [6.07, 6.45) is 16.6. The summed E-state index contributed by atoms with van der Waals surface area (Å²) < 4.78 is 64.0. The van der Waals surface area contributed by atoms with Crippen LogP contribution in [-0.4, -0.2) is 141 Å². The molecule has 0 saturated heterocycles. The minimum absolute atomic E-state index is 0.0560. The summed E-state index contributed by atoms with van der Waals surface area (Å²) in [6, 6.07) is 6.73. The fraction of sp³-hybridized carbons (Fsp3) is 0.450. The standard InChI is InChI=1S/C60H78O22/c1-7-31-75-78-43-16-35-67-51-28-20-46(57(71-39-14-37-69-53(62)11-5)60(51)74-42-18-45-80-77-33-9-3)21-29-55(64)81-48-23-25-49(26-24-48)82-56(65)30-22-47-19-27-50(66-34-13-36-68-52(61)10-4)59(73-40-15-38-70-54(63)12-6)58(47)72-41-17-44-79-76-32-8-2/h7-12,19-22,27-30,48-49H,1-6,13-18,23-26,31-45H2/b29-21+,30-22+. The lowest BCUT2D eigenvalue weighted by atomic mass is 9.95. The monoisotopic (exact) mass is 1150 g/mol. The van der Waals surface area contributed by atoms with E-state index < -0.39 is 42.1 Å². The number of esters is 5. The molecule has 2 aromatic carbocycles. The van der Waals surface area contributed by atoms with E-state index in [0.717, 1.165) is 18.2 Å². The molecule has 2 aromatic rings. The van der Waals surface area contributed by atoms with E-state index in [1.807, 2.05) is 0 Å². The minimum Gasteiger partial charge on any atom is -0.489 e. The fourth-order valence-electron chi connectivity index (χ4n) is 6.92. The summed E-state index contributed by atoms with van der Waals surface area (Å²) in [5, 5.41) is 0. The van der Waals surface area contributed by atoms with Crippen molar-refractivity contribution in [3.05, 3.63) is 123 Å². The molecule has 1 aliphatic carbocycles. The molecule has 22 heteroatoms. The maximum Gasteiger partial charge on any atom is 0.331 e. The van der Waals surface area contributed by atoms with Gasteiger partial charge in [-0.15, -0.1) is 19.7 Å². The van der Waals surface area contributed by atoms with E-state index in [9.17, 15) is 24.0 Å². The fourth-order valence-corrected chi connectivity index (χ4v) is 6.92. The van der Waals surface area contributed by atoms with E-state index in [4.69, 9.17) is 81.4 Å². The molecule has 1 saturated carbocycles. The zero-order chi connectivity index (χ0) is 59.3. The molecule has 0 aliphatic heterocycles. The Morgan fingerprint density at radius 2 is 0.671 bits per heavy atom. The van der Waals surface area contributed by atoms with Crippen LogP contribution in [0.4, 0.5) is 0 Å². The number of ether oxygens (including phenoxy) is 11. The van der Waals surface area contributed by atoms with Gasteiger partial charge in [0.1, 0.15) is 32.0 Å². The minimum atomic E-state index is -0.618. The van der Waals surface area contributed by atoms with Crippen LogP contribution in [0.25, 0.3) is 12.2 Å². The van der Waals surface area contributed by atoms with Crippen LogP contribution in [0, 0.1) is 0 Å². The molecule has 0 bridgehead atoms. The van der Waals surface area contributed by atoms with Gasteiger partial charge in [-0.2, -0.15) is 0 Å². The van der Waals surface area contributed by atoms with Gasteiger partial charge in [0.25, 0.3) is 0 Å². The maximum atomic E-state index is 13.4. The molecular weight excluding hydrogens is 1070 g/mol. The maximum absolute atomic E-state index is 13.4. The first-order chi connectivity index (χ1) is 40.1. The van der Waals surface area contributed by atoms with Gasteiger partial charge < -0.3 is 52.1 Å². The first-order valence-electron chi connectivity index (χ1n) is 26.9. The first-order valence-corrected chi connectivity index (χ1v) is 26.9. The van der Waals surface area contributed by atoms with Gasteiger partial charge in [0.2, 0.25) is 11.5 Å². The third-order valence-corrected chi connectivity index (χ3v) is 10.7. The van der Waals surface area contributed by atoms with E-state index >= 15 is 0 Å². The third-order valence-electron chi connectivity index (χ3n) is 10.7. The summed E-state index contributed by atoms with van der Waals surface area (Å²) in [5.41, 5.74) is 0.917. The second-order valence-corrected chi connectivity index (χ2v) is 17.1. The van der Waals surface area contributed by atoms with Crippen molar-refractivity contribution in [2.24, 2.45) is 0 Å². The Labute approximate surface area is 479 Å². The molecule has 0 heterocycles. The van der Waals surface area contributed by atoms with Crippen molar-refractivity contribution in [1.29, 1.82) is 0 Å². The number of rotatable bonds is 48. The molecule has 0 atom stereocenters. The Hall–Kier alpha value is -7.73. The van der Waals surface area contributed by atoms with Gasteiger partial charge in [0, 0.05) is 80.0 Å². The Bertz CT molecular complexity index is 2350. The van der Waals surface area contributed by atoms with Crippen LogP contribution in [0.3, 0.4) is 0 Å². The summed E-state index contributed by atoms with van der Waals surface area (Å²) in [5.74, 6) is -1.29. The Morgan fingerprint density at radius 3 is 0.988 bits per heavy atom. The highest BCUT2D eigenvalue weighted by Crippen LogP contribution is 2.43. The average molecular weight is 1150 g/mol. The smallest absolute Gasteiger partial charge is 0.331 e. The van der Waals surface area contributed by atoms with Crippen molar-refractivity contribution in [3.8, 4) is 34.5 Å². The van der Waals surface area contributed by atoms with Gasteiger partial charge in [-0.25, -0.2) is 53.3 Å². The summed E-state index contributed by atoms with van der Waals surface area (Å²) in [4.78, 5) is 92.0. The number of benzene rings is 2. The highest BCUT2D eigenvalue weighted by atomic mass is 17.2. The van der Waals surface area contributed by atoms with E-state index in [1.165, 1.54) is 18.2 Å². The lowest BCUT2D eigenvalue weighted by Crippen LogP contribution is -2.29. The first kappa shape index (κ1) is 68.5. The van der Waals surface area contributed by atoms with Crippen molar-refractivity contribution in [1.82, 2.24) is 0 Å². The van der Waals surface area contributed by atoms with Gasteiger partial charge in [0.15, 0.2) is 23.0 Å². The van der Waals surface area contributed by atoms with Crippen LogP contribution < -0.4 is 28.4 Å². The van der Waals surface area contributed by atoms with E-state index in [-0.39, 0.29) is 122 Å². The average Bonchev–Trinajstić information content (AvgIpc) is 3.65. The van der Waals surface area contributed by atoms with Gasteiger partial charge >= 0.3 is 29.8 Å². The molecule has 3 rings (SSSR count). The highest BCUT2D eigenvalue weighted by Gasteiger charge is 2.26. The van der Waals surface area contributed by atoms with Gasteiger partial charge in [0.05, 0.1) is 79.3 Å². The quantitative estimate of drug-likeness (QED) is 0.0114. The molecule has 22 nitrogen and oxygen atoms in total. The number of hydrogen-bond acceptors (Lipinski definition) is 22. The Kier molecular flexibility index (Phi) is 36.8. The summed E-state index contributed by atoms with van der Waals surface area (Å²) in [6.45, 7) is 23.4. The van der Waals surface area contributed by atoms with E-state index in [0.29, 0.717) is 86.8 Å². The lowest BCUT2D eigenvalue weighted by Gasteiger charge is -2.27. The highest BCUT2D eigenvalue weighted by molar-refractivity contribution is 5.89. The number of carbonyl (C=O) groups is 5. The molecule has 0 aromatic heterocycles. The molecule has 0 amide bonds. The second kappa shape index (κ2) is 44.0. The molecule has 1 aliphatic rings. The van der Waals surface area contributed by atoms with Crippen LogP contribution in [0.15, 0.2) is 112 Å². The van der Waals surface area contributed by atoms with E-state index in [1.54, 1.807) is 48.6 Å². The molecule has 0 radical (unpaired) electrons. The molecule has 0 spiro atoms. The predicted molar refractivity (Wildman–Crippen MR) is 300 cm³/mol. The predicted octanol–water partition coefficient (Wildman–Crippen LogP) is 9.01. The van der Waals surface area contributed by atoms with Crippen molar-refractivity contribution >= 4 is 42.0 Å². The van der Waals surface area contributed by atoms with Crippen molar-refractivity contribution in [3.63, 3.8) is 0 Å². The molecule has 450 valence electrons. The van der Waals surface area contributed by atoms with Crippen molar-refractivity contribution < 1.29 is 105 Å². The van der Waals surface area contributed by atoms with Crippen LogP contribution in [0.5, 0.6) is 34.5 Å². The normalized spacial score (nSPS) is 13.7. The van der Waals surface area contributed by atoms with Crippen LogP contribution in [-0.2, 0) is 77.0 Å². The Balaban J connectivity index is 1.74. The molecular formula is C60H78O22. The number of carbonyl (C=O) groups excluding carboxylic acids is 5. The number of hydrogen-bond donors (Lipinski definition) is 0. The van der Waals surface area contributed by atoms with Crippen molar-refractivity contribution in [2.75, 3.05) is 99.1 Å². The Morgan fingerprint density at radius 1 is 0.366 bits per heavy atom. The zero-order valence-electron chi connectivity index (χ0n) is 46.6. The van der Waals surface area contributed by atoms with E-state index in [2.05, 4.69) is 39.5 Å². The molecule has 0 unspecified atom stereocenters. The SMILES string of the molecule is C=CCOOCCCOc1ccc(/C=C/C(=O)OC2CCC(OC(=O)/C=C/c3ccc(OCCCOC(=O)C=C)c(OCCCOC(=O)C=C)c3OCCCOOCC=C)CC2)c(OCCCOC(=O)C=C)c1OCCCOOCC=C. The van der Waals surface area contributed by atoms with Crippen LogP contribution in [0.2, 0.25) is 0 Å². The zero-order valence-corrected chi connectivity index (χ0v) is 46.6. The van der Waals surface area contributed by atoms with Gasteiger partial charge in [-0.1, -0.05) is 38.0 Å². The largest absolute Gasteiger partial charge is 0.489 e. The topological polar surface area (TPSA) is 242 Å². The summed E-state index contributed by atoms with van der Waals surface area (Å²) >= 11 is 0. The van der Waals surface area contributed by atoms with Crippen LogP contribution in [0.1, 0.15) is 75.3 Å². The third kappa shape index (κ3) is 29.6. The van der Waals surface area contributed by atoms with Crippen LogP contribution >= 0.6 is 0 Å². The molecule has 1 fully saturated rings.